The molecule has 3 nitrogen and oxygen atoms in total. The van der Waals surface area contributed by atoms with Crippen molar-refractivity contribution in [2.45, 2.75) is 18.9 Å². The fourth-order valence-electron chi connectivity index (χ4n) is 2.08. The predicted molar refractivity (Wildman–Crippen MR) is 61.5 cm³/mol. The summed E-state index contributed by atoms with van der Waals surface area (Å²) in [6, 6.07) is 7.50. The van der Waals surface area contributed by atoms with Gasteiger partial charge in [-0.05, 0) is 43.6 Å². The molecular weight excluding hydrogens is 188 g/mol. The summed E-state index contributed by atoms with van der Waals surface area (Å²) in [5, 5.41) is 10.0. The molecule has 1 aliphatic heterocycles. The van der Waals surface area contributed by atoms with Gasteiger partial charge in [-0.25, -0.2) is 0 Å². The number of benzene rings is 1. The topological polar surface area (TPSA) is 49.5 Å². The van der Waals surface area contributed by atoms with Gasteiger partial charge in [-0.3, -0.25) is 0 Å². The van der Waals surface area contributed by atoms with Gasteiger partial charge in [-0.15, -0.1) is 0 Å². The number of hydrogen-bond donors (Lipinski definition) is 2. The van der Waals surface area contributed by atoms with Crippen LogP contribution in [-0.2, 0) is 0 Å². The second-order valence-corrected chi connectivity index (χ2v) is 4.19. The molecule has 1 aromatic carbocycles. The first-order chi connectivity index (χ1) is 7.25. The number of nitrogen functional groups attached to an aromatic ring is 1. The highest BCUT2D eigenvalue weighted by atomic mass is 16.3. The van der Waals surface area contributed by atoms with Gasteiger partial charge in [0.15, 0.2) is 0 Å². The Hall–Kier alpha value is -1.06. The number of β-amino-alcohol motifs (C(OH)–C–C–N with tert-alkyl or cyclic N) is 1. The number of aliphatic hydroxyl groups excluding tert-OH is 1. The van der Waals surface area contributed by atoms with E-state index in [1.54, 1.807) is 0 Å². The quantitative estimate of drug-likeness (QED) is 0.735. The Balaban J connectivity index is 1.97. The molecule has 0 amide bonds. The summed E-state index contributed by atoms with van der Waals surface area (Å²) in [7, 11) is 0. The zero-order valence-corrected chi connectivity index (χ0v) is 8.89. The molecule has 0 aliphatic carbocycles. The molecule has 82 valence electrons. The molecule has 15 heavy (non-hydrogen) atoms. The van der Waals surface area contributed by atoms with E-state index in [0.717, 1.165) is 25.2 Å². The molecule has 2 rings (SSSR count). The van der Waals surface area contributed by atoms with E-state index >= 15 is 0 Å². The van der Waals surface area contributed by atoms with Crippen LogP contribution < -0.4 is 5.73 Å². The molecule has 3 heteroatoms. The van der Waals surface area contributed by atoms with Gasteiger partial charge >= 0.3 is 0 Å². The van der Waals surface area contributed by atoms with Crippen LogP contribution in [0, 0.1) is 0 Å². The fourth-order valence-corrected chi connectivity index (χ4v) is 2.08. The van der Waals surface area contributed by atoms with Crippen LogP contribution in [0.1, 0.15) is 24.5 Å². The highest BCUT2D eigenvalue weighted by Crippen LogP contribution is 2.19. The van der Waals surface area contributed by atoms with Crippen LogP contribution in [0.15, 0.2) is 24.3 Å². The van der Waals surface area contributed by atoms with Crippen molar-refractivity contribution in [1.29, 1.82) is 0 Å². The number of hydrogen-bond acceptors (Lipinski definition) is 3. The van der Waals surface area contributed by atoms with Gasteiger partial charge in [0, 0.05) is 12.2 Å². The second kappa shape index (κ2) is 4.64. The standard InChI is InChI=1S/C12H18N2O/c13-11-5-3-4-10(8-11)12(15)9-14-6-1-2-7-14/h3-5,8,12,15H,1-2,6-7,9,13H2. The largest absolute Gasteiger partial charge is 0.399 e. The van der Waals surface area contributed by atoms with E-state index in [4.69, 9.17) is 5.73 Å². The van der Waals surface area contributed by atoms with Crippen molar-refractivity contribution in [1.82, 2.24) is 4.90 Å². The molecule has 0 bridgehead atoms. The Labute approximate surface area is 90.5 Å². The molecule has 0 saturated carbocycles. The van der Waals surface area contributed by atoms with Gasteiger partial charge in [0.1, 0.15) is 0 Å². The smallest absolute Gasteiger partial charge is 0.0917 e. The molecule has 3 N–H and O–H groups in total. The van der Waals surface area contributed by atoms with E-state index in [1.165, 1.54) is 12.8 Å². The number of rotatable bonds is 3. The number of likely N-dealkylation sites (tertiary alicyclic amines) is 1. The zero-order chi connectivity index (χ0) is 10.7. The van der Waals surface area contributed by atoms with Crippen molar-refractivity contribution in [2.75, 3.05) is 25.4 Å². The molecule has 1 aromatic rings. The molecule has 0 spiro atoms. The van der Waals surface area contributed by atoms with Gasteiger partial charge in [-0.1, -0.05) is 12.1 Å². The van der Waals surface area contributed by atoms with E-state index in [2.05, 4.69) is 4.90 Å². The summed E-state index contributed by atoms with van der Waals surface area (Å²) in [6.45, 7) is 2.95. The van der Waals surface area contributed by atoms with Crippen LogP contribution in [0.5, 0.6) is 0 Å². The number of nitrogens with zero attached hydrogens (tertiary/aromatic N) is 1. The van der Waals surface area contributed by atoms with E-state index in [1.807, 2.05) is 24.3 Å². The van der Waals surface area contributed by atoms with Gasteiger partial charge in [0.25, 0.3) is 0 Å². The lowest BCUT2D eigenvalue weighted by Gasteiger charge is -2.19. The minimum Gasteiger partial charge on any atom is -0.399 e. The first kappa shape index (κ1) is 10.5. The summed E-state index contributed by atoms with van der Waals surface area (Å²) in [5.41, 5.74) is 7.31. The van der Waals surface area contributed by atoms with Gasteiger partial charge in [0.05, 0.1) is 6.10 Å². The monoisotopic (exact) mass is 206 g/mol. The summed E-state index contributed by atoms with van der Waals surface area (Å²) >= 11 is 0. The average Bonchev–Trinajstić information content (AvgIpc) is 2.70. The minimum absolute atomic E-state index is 0.411. The maximum absolute atomic E-state index is 10.0. The first-order valence-electron chi connectivity index (χ1n) is 5.51. The molecular formula is C12H18N2O. The molecule has 1 saturated heterocycles. The van der Waals surface area contributed by atoms with Crippen molar-refractivity contribution in [3.05, 3.63) is 29.8 Å². The van der Waals surface area contributed by atoms with E-state index in [-0.39, 0.29) is 0 Å². The summed E-state index contributed by atoms with van der Waals surface area (Å²) < 4.78 is 0. The lowest BCUT2D eigenvalue weighted by Crippen LogP contribution is -2.25. The van der Waals surface area contributed by atoms with Crippen LogP contribution in [0.2, 0.25) is 0 Å². The molecule has 1 fully saturated rings. The van der Waals surface area contributed by atoms with Crippen LogP contribution in [0.25, 0.3) is 0 Å². The van der Waals surface area contributed by atoms with E-state index in [0.29, 0.717) is 5.69 Å². The second-order valence-electron chi connectivity index (χ2n) is 4.19. The van der Waals surface area contributed by atoms with Gasteiger partial charge in [0.2, 0.25) is 0 Å². The van der Waals surface area contributed by atoms with Crippen molar-refractivity contribution in [3.63, 3.8) is 0 Å². The van der Waals surface area contributed by atoms with Crippen molar-refractivity contribution in [2.24, 2.45) is 0 Å². The average molecular weight is 206 g/mol. The van der Waals surface area contributed by atoms with E-state index in [9.17, 15) is 5.11 Å². The maximum atomic E-state index is 10.0. The first-order valence-corrected chi connectivity index (χ1v) is 5.51. The van der Waals surface area contributed by atoms with Crippen LogP contribution in [0.4, 0.5) is 5.69 Å². The molecule has 1 aliphatic rings. The van der Waals surface area contributed by atoms with Crippen LogP contribution in [-0.4, -0.2) is 29.6 Å². The Morgan fingerprint density at radius 1 is 1.33 bits per heavy atom. The molecule has 0 radical (unpaired) electrons. The van der Waals surface area contributed by atoms with Gasteiger partial charge < -0.3 is 15.7 Å². The van der Waals surface area contributed by atoms with Gasteiger partial charge in [-0.2, -0.15) is 0 Å². The van der Waals surface area contributed by atoms with Crippen molar-refractivity contribution in [3.8, 4) is 0 Å². The number of aliphatic hydroxyl groups is 1. The minimum atomic E-state index is -0.411. The van der Waals surface area contributed by atoms with E-state index < -0.39 is 6.10 Å². The third-order valence-electron chi connectivity index (χ3n) is 2.93. The normalized spacial score (nSPS) is 19.3. The number of anilines is 1. The molecule has 1 heterocycles. The van der Waals surface area contributed by atoms with Crippen molar-refractivity contribution < 1.29 is 5.11 Å². The Morgan fingerprint density at radius 2 is 2.07 bits per heavy atom. The fraction of sp³-hybridized carbons (Fsp3) is 0.500. The Morgan fingerprint density at radius 3 is 2.73 bits per heavy atom. The number of nitrogens with two attached hydrogens (primary N) is 1. The molecule has 0 aromatic heterocycles. The lowest BCUT2D eigenvalue weighted by molar-refractivity contribution is 0.126. The summed E-state index contributed by atoms with van der Waals surface area (Å²) in [5.74, 6) is 0. The third kappa shape index (κ3) is 2.70. The zero-order valence-electron chi connectivity index (χ0n) is 8.89. The highest BCUT2D eigenvalue weighted by Gasteiger charge is 2.16. The third-order valence-corrected chi connectivity index (χ3v) is 2.93. The Bertz CT molecular complexity index is 321. The maximum Gasteiger partial charge on any atom is 0.0917 e. The SMILES string of the molecule is Nc1cccc(C(O)CN2CCCC2)c1. The molecule has 1 unspecified atom stereocenters. The predicted octanol–water partition coefficient (Wildman–Crippen LogP) is 1.40. The van der Waals surface area contributed by atoms with Crippen LogP contribution >= 0.6 is 0 Å². The Kier molecular flexibility index (Phi) is 3.23. The van der Waals surface area contributed by atoms with Crippen molar-refractivity contribution >= 4 is 5.69 Å². The summed E-state index contributed by atoms with van der Waals surface area (Å²) in [6.07, 6.45) is 2.10. The lowest BCUT2D eigenvalue weighted by atomic mass is 10.1. The summed E-state index contributed by atoms with van der Waals surface area (Å²) in [4.78, 5) is 2.30. The van der Waals surface area contributed by atoms with Crippen LogP contribution in [0.3, 0.4) is 0 Å². The highest BCUT2D eigenvalue weighted by molar-refractivity contribution is 5.41. The molecule has 1 atom stereocenters.